The summed E-state index contributed by atoms with van der Waals surface area (Å²) < 4.78 is 26.6. The van der Waals surface area contributed by atoms with Crippen LogP contribution in [0.15, 0.2) is 30.3 Å². The summed E-state index contributed by atoms with van der Waals surface area (Å²) in [5.74, 6) is -1.40. The zero-order chi connectivity index (χ0) is 27.4. The molecule has 0 aromatic heterocycles. The highest BCUT2D eigenvalue weighted by molar-refractivity contribution is 5.89. The van der Waals surface area contributed by atoms with E-state index in [0.29, 0.717) is 26.4 Å². The van der Waals surface area contributed by atoms with Gasteiger partial charge in [-0.25, -0.2) is 10.3 Å². The fourth-order valence-electron chi connectivity index (χ4n) is 2.70. The van der Waals surface area contributed by atoms with Gasteiger partial charge in [-0.1, -0.05) is 43.7 Å². The second-order valence-corrected chi connectivity index (χ2v) is 9.05. The molecular weight excluding hydrogens is 484 g/mol. The molecule has 1 aromatic rings. The summed E-state index contributed by atoms with van der Waals surface area (Å²) in [6, 6.07) is 7.85. The van der Waals surface area contributed by atoms with Crippen LogP contribution < -0.4 is 10.8 Å². The summed E-state index contributed by atoms with van der Waals surface area (Å²) >= 11 is 0. The number of benzene rings is 1. The first kappa shape index (κ1) is 32.3. The van der Waals surface area contributed by atoms with Crippen molar-refractivity contribution in [1.82, 2.24) is 10.8 Å². The number of amides is 2. The number of nitrogens with one attached hydrogen (secondary N) is 2. The van der Waals surface area contributed by atoms with Crippen molar-refractivity contribution >= 4 is 18.0 Å². The van der Waals surface area contributed by atoms with Gasteiger partial charge < -0.3 is 29.0 Å². The Morgan fingerprint density at radius 1 is 0.865 bits per heavy atom. The Balaban J connectivity index is 2.34. The van der Waals surface area contributed by atoms with Crippen LogP contribution in [-0.4, -0.2) is 75.9 Å². The Kier molecular flexibility index (Phi) is 16.9. The van der Waals surface area contributed by atoms with Gasteiger partial charge in [0.25, 0.3) is 5.91 Å². The summed E-state index contributed by atoms with van der Waals surface area (Å²) in [6.45, 7) is 10.0. The monoisotopic (exact) mass is 526 g/mol. The quantitative estimate of drug-likeness (QED) is 0.159. The zero-order valence-electron chi connectivity index (χ0n) is 22.4. The Morgan fingerprint density at radius 2 is 1.46 bits per heavy atom. The molecule has 0 saturated carbocycles. The number of ether oxygens (including phenoxy) is 5. The van der Waals surface area contributed by atoms with Gasteiger partial charge in [-0.2, -0.15) is 0 Å². The van der Waals surface area contributed by atoms with Crippen LogP contribution in [0, 0.1) is 0 Å². The molecule has 0 heterocycles. The molecule has 37 heavy (non-hydrogen) atoms. The van der Waals surface area contributed by atoms with E-state index in [1.54, 1.807) is 20.8 Å². The number of carbonyl (C=O) groups is 3. The Labute approximate surface area is 219 Å². The van der Waals surface area contributed by atoms with Crippen molar-refractivity contribution in [2.75, 3.05) is 46.2 Å². The van der Waals surface area contributed by atoms with Crippen molar-refractivity contribution < 1.29 is 42.9 Å². The van der Waals surface area contributed by atoms with E-state index in [2.05, 4.69) is 17.7 Å². The average molecular weight is 527 g/mol. The number of alkyl carbamates (subject to hydrolysis) is 1. The van der Waals surface area contributed by atoms with Gasteiger partial charge in [0, 0.05) is 6.61 Å². The first-order valence-corrected chi connectivity index (χ1v) is 12.5. The van der Waals surface area contributed by atoms with Gasteiger partial charge in [0.05, 0.1) is 46.1 Å². The highest BCUT2D eigenvalue weighted by atomic mass is 16.7. The Bertz CT molecular complexity index is 769. The SMILES string of the molecule is CCCCOCCOCCOCCONC(=O)C(CC(=O)OCc1ccccc1)NC(=O)OC(C)(C)C. The Morgan fingerprint density at radius 3 is 2.05 bits per heavy atom. The van der Waals surface area contributed by atoms with E-state index in [0.717, 1.165) is 25.0 Å². The van der Waals surface area contributed by atoms with Crippen LogP contribution in [0.3, 0.4) is 0 Å². The van der Waals surface area contributed by atoms with Crippen molar-refractivity contribution in [3.8, 4) is 0 Å². The number of hydrogen-bond acceptors (Lipinski definition) is 9. The molecule has 1 rings (SSSR count). The second-order valence-electron chi connectivity index (χ2n) is 9.05. The number of rotatable bonds is 19. The van der Waals surface area contributed by atoms with Crippen molar-refractivity contribution in [2.24, 2.45) is 0 Å². The molecule has 1 aromatic carbocycles. The largest absolute Gasteiger partial charge is 0.461 e. The van der Waals surface area contributed by atoms with Crippen LogP contribution in [0.5, 0.6) is 0 Å². The number of hydroxylamine groups is 1. The van der Waals surface area contributed by atoms with E-state index in [4.69, 9.17) is 28.5 Å². The molecule has 1 unspecified atom stereocenters. The van der Waals surface area contributed by atoms with E-state index in [1.165, 1.54) is 0 Å². The lowest BCUT2D eigenvalue weighted by Crippen LogP contribution is -2.49. The average Bonchev–Trinajstić information content (AvgIpc) is 2.84. The number of unbranched alkanes of at least 4 members (excludes halogenated alkanes) is 1. The maximum absolute atomic E-state index is 12.6. The molecule has 0 radical (unpaired) electrons. The van der Waals surface area contributed by atoms with Gasteiger partial charge in [-0.05, 0) is 32.8 Å². The lowest BCUT2D eigenvalue weighted by molar-refractivity contribution is -0.149. The summed E-state index contributed by atoms with van der Waals surface area (Å²) in [5, 5.41) is 2.39. The first-order chi connectivity index (χ1) is 17.7. The van der Waals surface area contributed by atoms with Crippen molar-refractivity contribution in [3.63, 3.8) is 0 Å². The Hall–Kier alpha value is -2.73. The lowest BCUT2D eigenvalue weighted by Gasteiger charge is -2.23. The maximum atomic E-state index is 12.6. The molecule has 0 aliphatic heterocycles. The summed E-state index contributed by atoms with van der Waals surface area (Å²) in [4.78, 5) is 42.2. The number of hydrogen-bond donors (Lipinski definition) is 2. The number of carbonyl (C=O) groups excluding carboxylic acids is 3. The molecule has 0 fully saturated rings. The molecule has 2 amide bonds. The van der Waals surface area contributed by atoms with Gasteiger partial charge in [0.2, 0.25) is 0 Å². The molecular formula is C26H42N2O9. The van der Waals surface area contributed by atoms with Crippen LogP contribution in [0.2, 0.25) is 0 Å². The third-order valence-electron chi connectivity index (χ3n) is 4.51. The summed E-state index contributed by atoms with van der Waals surface area (Å²) in [6.07, 6.45) is 0.884. The van der Waals surface area contributed by atoms with E-state index >= 15 is 0 Å². The van der Waals surface area contributed by atoms with Crippen LogP contribution >= 0.6 is 0 Å². The van der Waals surface area contributed by atoms with Gasteiger partial charge in [0.15, 0.2) is 0 Å². The molecule has 0 saturated heterocycles. The van der Waals surface area contributed by atoms with E-state index < -0.39 is 36.0 Å². The highest BCUT2D eigenvalue weighted by Crippen LogP contribution is 2.08. The molecule has 0 aliphatic carbocycles. The molecule has 0 aliphatic rings. The van der Waals surface area contributed by atoms with Crippen LogP contribution in [-0.2, 0) is 44.7 Å². The van der Waals surface area contributed by atoms with Crippen LogP contribution in [0.25, 0.3) is 0 Å². The first-order valence-electron chi connectivity index (χ1n) is 12.5. The van der Waals surface area contributed by atoms with Crippen LogP contribution in [0.4, 0.5) is 4.79 Å². The molecule has 210 valence electrons. The minimum absolute atomic E-state index is 0.0455. The smallest absolute Gasteiger partial charge is 0.408 e. The maximum Gasteiger partial charge on any atom is 0.408 e. The zero-order valence-corrected chi connectivity index (χ0v) is 22.4. The van der Waals surface area contributed by atoms with Crippen molar-refractivity contribution in [2.45, 2.75) is 65.2 Å². The normalized spacial score (nSPS) is 12.0. The lowest BCUT2D eigenvalue weighted by atomic mass is 10.2. The minimum Gasteiger partial charge on any atom is -0.461 e. The van der Waals surface area contributed by atoms with Crippen LogP contribution in [0.1, 0.15) is 52.5 Å². The highest BCUT2D eigenvalue weighted by Gasteiger charge is 2.27. The van der Waals surface area contributed by atoms with E-state index in [9.17, 15) is 14.4 Å². The summed E-state index contributed by atoms with van der Waals surface area (Å²) in [5.41, 5.74) is 2.24. The number of esters is 1. The van der Waals surface area contributed by atoms with Crippen molar-refractivity contribution in [1.29, 1.82) is 0 Å². The molecule has 2 N–H and O–H groups in total. The fraction of sp³-hybridized carbons (Fsp3) is 0.654. The fourth-order valence-corrected chi connectivity index (χ4v) is 2.70. The standard InChI is InChI=1S/C26H42N2O9/c1-5-6-12-32-13-14-33-15-16-34-17-18-36-28-24(30)22(27-25(31)37-26(2,3)4)19-23(29)35-20-21-10-8-7-9-11-21/h7-11,22H,5-6,12-20H2,1-4H3,(H,27,31)(H,28,30). The van der Waals surface area contributed by atoms with Crippen molar-refractivity contribution in [3.05, 3.63) is 35.9 Å². The molecule has 1 atom stereocenters. The predicted molar refractivity (Wildman–Crippen MR) is 135 cm³/mol. The van der Waals surface area contributed by atoms with Gasteiger partial charge >= 0.3 is 12.1 Å². The van der Waals surface area contributed by atoms with Gasteiger partial charge in [-0.3, -0.25) is 14.4 Å². The third-order valence-corrected chi connectivity index (χ3v) is 4.51. The molecule has 0 bridgehead atoms. The van der Waals surface area contributed by atoms with E-state index in [-0.39, 0.29) is 19.8 Å². The second kappa shape index (κ2) is 19.4. The predicted octanol–water partition coefficient (Wildman–Crippen LogP) is 2.91. The van der Waals surface area contributed by atoms with Gasteiger partial charge in [-0.15, -0.1) is 0 Å². The third kappa shape index (κ3) is 18.2. The van der Waals surface area contributed by atoms with Gasteiger partial charge in [0.1, 0.15) is 18.2 Å². The summed E-state index contributed by atoms with van der Waals surface area (Å²) in [7, 11) is 0. The topological polar surface area (TPSA) is 131 Å². The molecule has 11 nitrogen and oxygen atoms in total. The molecule has 0 spiro atoms. The minimum atomic E-state index is -1.26. The van der Waals surface area contributed by atoms with E-state index in [1.807, 2.05) is 30.3 Å². The molecule has 11 heteroatoms.